The highest BCUT2D eigenvalue weighted by Crippen LogP contribution is 2.30. The molecule has 0 aliphatic rings. The van der Waals surface area contributed by atoms with Crippen molar-refractivity contribution >= 4 is 5.69 Å². The summed E-state index contributed by atoms with van der Waals surface area (Å²) in [6.45, 7) is 3.69. The van der Waals surface area contributed by atoms with E-state index in [1.807, 2.05) is 19.9 Å². The van der Waals surface area contributed by atoms with Crippen LogP contribution < -0.4 is 0 Å². The first-order chi connectivity index (χ1) is 7.59. The zero-order chi connectivity index (χ0) is 11.7. The predicted molar refractivity (Wildman–Crippen MR) is 60.3 cm³/mol. The minimum Gasteiger partial charge on any atom is -0.464 e. The molecule has 0 N–H and O–H groups in total. The molecule has 0 amide bonds. The average Bonchev–Trinajstić information content (AvgIpc) is 2.69. The Morgan fingerprint density at radius 2 is 1.88 bits per heavy atom. The molecule has 1 aromatic heterocycles. The predicted octanol–water partition coefficient (Wildman–Crippen LogP) is 3.47. The van der Waals surface area contributed by atoms with Gasteiger partial charge in [-0.2, -0.15) is 0 Å². The van der Waals surface area contributed by atoms with Gasteiger partial charge in [-0.15, -0.1) is 0 Å². The first-order valence-corrected chi connectivity index (χ1v) is 4.89. The van der Waals surface area contributed by atoms with E-state index in [9.17, 15) is 10.1 Å². The van der Waals surface area contributed by atoms with Gasteiger partial charge >= 0.3 is 0 Å². The fraction of sp³-hybridized carbons (Fsp3) is 0.167. The molecule has 0 unspecified atom stereocenters. The molecular weight excluding hydrogens is 206 g/mol. The molecule has 0 spiro atoms. The number of nitro groups is 1. The minimum absolute atomic E-state index is 0.116. The van der Waals surface area contributed by atoms with Crippen molar-refractivity contribution in [3.8, 4) is 11.3 Å². The number of hydrogen-bond donors (Lipinski definition) is 0. The third kappa shape index (κ3) is 1.69. The van der Waals surface area contributed by atoms with E-state index in [1.165, 1.54) is 0 Å². The van der Waals surface area contributed by atoms with E-state index in [-0.39, 0.29) is 10.6 Å². The molecule has 0 bridgehead atoms. The maximum Gasteiger partial charge on any atom is 0.270 e. The zero-order valence-electron chi connectivity index (χ0n) is 9.06. The Labute approximate surface area is 92.7 Å². The van der Waals surface area contributed by atoms with Crippen LogP contribution in [0, 0.1) is 24.0 Å². The number of rotatable bonds is 2. The Morgan fingerprint density at radius 1 is 1.25 bits per heavy atom. The van der Waals surface area contributed by atoms with Crippen LogP contribution in [0.3, 0.4) is 0 Å². The van der Waals surface area contributed by atoms with Crippen molar-refractivity contribution in [1.82, 2.24) is 0 Å². The molecule has 0 radical (unpaired) electrons. The number of hydrogen-bond acceptors (Lipinski definition) is 3. The van der Waals surface area contributed by atoms with Crippen LogP contribution >= 0.6 is 0 Å². The Hall–Kier alpha value is -2.10. The van der Waals surface area contributed by atoms with Gasteiger partial charge in [0.25, 0.3) is 5.69 Å². The summed E-state index contributed by atoms with van der Waals surface area (Å²) in [7, 11) is 0. The van der Waals surface area contributed by atoms with Gasteiger partial charge in [0.2, 0.25) is 0 Å². The third-order valence-electron chi connectivity index (χ3n) is 2.50. The van der Waals surface area contributed by atoms with Crippen molar-refractivity contribution in [2.75, 3.05) is 0 Å². The van der Waals surface area contributed by atoms with Gasteiger partial charge in [-0.3, -0.25) is 10.1 Å². The van der Waals surface area contributed by atoms with E-state index in [0.29, 0.717) is 0 Å². The standard InChI is InChI=1S/C12H11NO3/c1-8-6-10(13(14)15)7-9(2)12(8)11-4-3-5-16-11/h3-7H,1-2H3. The summed E-state index contributed by atoms with van der Waals surface area (Å²) in [6, 6.07) is 6.77. The number of non-ortho nitro benzene ring substituents is 1. The number of nitrogens with zero attached hydrogens (tertiary/aromatic N) is 1. The van der Waals surface area contributed by atoms with Gasteiger partial charge in [0.1, 0.15) is 5.76 Å². The molecule has 2 aromatic rings. The highest BCUT2D eigenvalue weighted by atomic mass is 16.6. The Morgan fingerprint density at radius 3 is 2.31 bits per heavy atom. The van der Waals surface area contributed by atoms with Gasteiger partial charge in [-0.1, -0.05) is 0 Å². The lowest BCUT2D eigenvalue weighted by molar-refractivity contribution is -0.384. The van der Waals surface area contributed by atoms with Crippen LogP contribution in [0.15, 0.2) is 34.9 Å². The molecular formula is C12H11NO3. The van der Waals surface area contributed by atoms with E-state index in [2.05, 4.69) is 0 Å². The van der Waals surface area contributed by atoms with Crippen molar-refractivity contribution in [3.05, 3.63) is 51.8 Å². The summed E-state index contributed by atoms with van der Waals surface area (Å²) in [5.41, 5.74) is 2.74. The maximum atomic E-state index is 10.7. The van der Waals surface area contributed by atoms with Crippen LogP contribution in [0.2, 0.25) is 0 Å². The Bertz CT molecular complexity index is 506. The molecule has 0 saturated heterocycles. The van der Waals surface area contributed by atoms with Crippen molar-refractivity contribution < 1.29 is 9.34 Å². The lowest BCUT2D eigenvalue weighted by Crippen LogP contribution is -1.93. The van der Waals surface area contributed by atoms with Crippen LogP contribution in [-0.4, -0.2) is 4.92 Å². The molecule has 0 atom stereocenters. The highest BCUT2D eigenvalue weighted by Gasteiger charge is 2.14. The molecule has 1 aromatic carbocycles. The monoisotopic (exact) mass is 217 g/mol. The van der Waals surface area contributed by atoms with Gasteiger partial charge < -0.3 is 4.42 Å². The molecule has 0 fully saturated rings. The van der Waals surface area contributed by atoms with Crippen LogP contribution in [0.5, 0.6) is 0 Å². The largest absolute Gasteiger partial charge is 0.464 e. The topological polar surface area (TPSA) is 56.3 Å². The summed E-state index contributed by atoms with van der Waals surface area (Å²) in [6.07, 6.45) is 1.59. The third-order valence-corrected chi connectivity index (χ3v) is 2.50. The van der Waals surface area contributed by atoms with E-state index in [4.69, 9.17) is 4.42 Å². The smallest absolute Gasteiger partial charge is 0.270 e. The minimum atomic E-state index is -0.383. The summed E-state index contributed by atoms with van der Waals surface area (Å²) >= 11 is 0. The highest BCUT2D eigenvalue weighted by molar-refractivity contribution is 5.68. The second-order valence-electron chi connectivity index (χ2n) is 3.69. The van der Waals surface area contributed by atoms with Gasteiger partial charge in [0.05, 0.1) is 11.2 Å². The van der Waals surface area contributed by atoms with E-state index >= 15 is 0 Å². The van der Waals surface area contributed by atoms with Crippen molar-refractivity contribution in [2.45, 2.75) is 13.8 Å². The normalized spacial score (nSPS) is 10.4. The first kappa shape index (κ1) is 10.4. The average molecular weight is 217 g/mol. The van der Waals surface area contributed by atoms with Gasteiger partial charge in [-0.05, 0) is 37.1 Å². The fourth-order valence-electron chi connectivity index (χ4n) is 1.86. The molecule has 4 heteroatoms. The summed E-state index contributed by atoms with van der Waals surface area (Å²) in [5.74, 6) is 0.741. The summed E-state index contributed by atoms with van der Waals surface area (Å²) < 4.78 is 5.31. The Balaban J connectivity index is 2.61. The maximum absolute atomic E-state index is 10.7. The molecule has 16 heavy (non-hydrogen) atoms. The van der Waals surface area contributed by atoms with E-state index in [1.54, 1.807) is 24.5 Å². The van der Waals surface area contributed by atoms with E-state index in [0.717, 1.165) is 22.5 Å². The summed E-state index contributed by atoms with van der Waals surface area (Å²) in [4.78, 5) is 10.3. The molecule has 0 aliphatic carbocycles. The molecule has 1 heterocycles. The number of nitro benzene ring substituents is 1. The van der Waals surface area contributed by atoms with Gasteiger partial charge in [0, 0.05) is 17.7 Å². The van der Waals surface area contributed by atoms with Crippen LogP contribution in [0.4, 0.5) is 5.69 Å². The molecule has 2 rings (SSSR count). The second kappa shape index (κ2) is 3.81. The fourth-order valence-corrected chi connectivity index (χ4v) is 1.86. The van der Waals surface area contributed by atoms with E-state index < -0.39 is 0 Å². The lowest BCUT2D eigenvalue weighted by Gasteiger charge is -2.06. The zero-order valence-corrected chi connectivity index (χ0v) is 9.06. The van der Waals surface area contributed by atoms with Crippen molar-refractivity contribution in [1.29, 1.82) is 0 Å². The first-order valence-electron chi connectivity index (χ1n) is 4.89. The molecule has 4 nitrogen and oxygen atoms in total. The van der Waals surface area contributed by atoms with Crippen molar-refractivity contribution in [3.63, 3.8) is 0 Å². The van der Waals surface area contributed by atoms with Gasteiger partial charge in [-0.25, -0.2) is 0 Å². The number of benzene rings is 1. The molecule has 0 aliphatic heterocycles. The molecule has 82 valence electrons. The quantitative estimate of drug-likeness (QED) is 0.571. The number of furan rings is 1. The summed E-state index contributed by atoms with van der Waals surface area (Å²) in [5, 5.41) is 10.7. The molecule has 0 saturated carbocycles. The number of aryl methyl sites for hydroxylation is 2. The van der Waals surface area contributed by atoms with Crippen LogP contribution in [-0.2, 0) is 0 Å². The van der Waals surface area contributed by atoms with Crippen molar-refractivity contribution in [2.24, 2.45) is 0 Å². The SMILES string of the molecule is Cc1cc([N+](=O)[O-])cc(C)c1-c1ccco1. The lowest BCUT2D eigenvalue weighted by atomic mass is 10.00. The van der Waals surface area contributed by atoms with Crippen LogP contribution in [0.1, 0.15) is 11.1 Å². The van der Waals surface area contributed by atoms with Gasteiger partial charge in [0.15, 0.2) is 0 Å². The van der Waals surface area contributed by atoms with Crippen LogP contribution in [0.25, 0.3) is 11.3 Å². The Kier molecular flexibility index (Phi) is 2.48. The second-order valence-corrected chi connectivity index (χ2v) is 3.69.